The first-order valence-corrected chi connectivity index (χ1v) is 8.23. The number of ether oxygens (including phenoxy) is 1. The molecule has 6 nitrogen and oxygen atoms in total. The third-order valence-electron chi connectivity index (χ3n) is 3.99. The first kappa shape index (κ1) is 17.1. The van der Waals surface area contributed by atoms with Crippen molar-refractivity contribution >= 4 is 22.6 Å². The number of nitrogens with zero attached hydrogens (tertiary/aromatic N) is 3. The van der Waals surface area contributed by atoms with Crippen molar-refractivity contribution in [2.45, 2.75) is 33.4 Å². The zero-order valence-corrected chi connectivity index (χ0v) is 14.9. The van der Waals surface area contributed by atoms with Gasteiger partial charge in [-0.1, -0.05) is 12.1 Å². The number of nitrogens with one attached hydrogen (secondary N) is 1. The van der Waals surface area contributed by atoms with Gasteiger partial charge in [0.1, 0.15) is 0 Å². The number of carbonyl (C=O) groups excluding carboxylic acids is 1. The number of carbonyl (C=O) groups is 1. The normalized spacial score (nSPS) is 11.2. The van der Waals surface area contributed by atoms with Crippen LogP contribution in [0.15, 0.2) is 36.5 Å². The summed E-state index contributed by atoms with van der Waals surface area (Å²) in [6.45, 7) is 6.45. The highest BCUT2D eigenvalue weighted by molar-refractivity contribution is 6.06. The largest absolute Gasteiger partial charge is 0.380 e. The standard InChI is InChI=1S/C19H22N4O2/c1-12(2)23-18-15(10-20-23)9-17(13(3)21-18)19(24)22-16-7-5-6-14(8-16)11-25-4/h5-10,12H,11H2,1-4H3,(H,22,24). The lowest BCUT2D eigenvalue weighted by molar-refractivity contribution is 0.102. The van der Waals surface area contributed by atoms with Gasteiger partial charge in [0.05, 0.1) is 24.1 Å². The maximum Gasteiger partial charge on any atom is 0.257 e. The van der Waals surface area contributed by atoms with Gasteiger partial charge in [-0.05, 0) is 44.5 Å². The highest BCUT2D eigenvalue weighted by Crippen LogP contribution is 2.20. The van der Waals surface area contributed by atoms with Gasteiger partial charge >= 0.3 is 0 Å². The zero-order chi connectivity index (χ0) is 18.0. The van der Waals surface area contributed by atoms with E-state index in [9.17, 15) is 4.79 Å². The average Bonchev–Trinajstić information content (AvgIpc) is 2.97. The molecule has 1 N–H and O–H groups in total. The van der Waals surface area contributed by atoms with Crippen LogP contribution in [-0.4, -0.2) is 27.8 Å². The van der Waals surface area contributed by atoms with E-state index in [0.717, 1.165) is 22.3 Å². The summed E-state index contributed by atoms with van der Waals surface area (Å²) >= 11 is 0. The zero-order valence-electron chi connectivity index (χ0n) is 14.9. The van der Waals surface area contributed by atoms with Crippen molar-refractivity contribution in [1.29, 1.82) is 0 Å². The average molecular weight is 338 g/mol. The molecule has 1 amide bonds. The Hall–Kier alpha value is -2.73. The van der Waals surface area contributed by atoms with Crippen molar-refractivity contribution in [3.05, 3.63) is 53.3 Å². The number of hydrogen-bond donors (Lipinski definition) is 1. The van der Waals surface area contributed by atoms with Crippen molar-refractivity contribution in [2.24, 2.45) is 0 Å². The molecule has 25 heavy (non-hydrogen) atoms. The molecule has 3 aromatic rings. The maximum absolute atomic E-state index is 12.7. The number of anilines is 1. The molecule has 1 aromatic carbocycles. The predicted octanol–water partition coefficient (Wildman–Crippen LogP) is 3.72. The summed E-state index contributed by atoms with van der Waals surface area (Å²) < 4.78 is 6.99. The molecule has 2 heterocycles. The molecule has 0 aliphatic carbocycles. The second-order valence-corrected chi connectivity index (χ2v) is 6.30. The molecule has 0 saturated heterocycles. The number of hydrogen-bond acceptors (Lipinski definition) is 4. The molecule has 0 saturated carbocycles. The quantitative estimate of drug-likeness (QED) is 0.770. The van der Waals surface area contributed by atoms with Crippen LogP contribution in [0, 0.1) is 6.92 Å². The Bertz CT molecular complexity index is 915. The summed E-state index contributed by atoms with van der Waals surface area (Å²) in [7, 11) is 1.65. The Morgan fingerprint density at radius 3 is 2.84 bits per heavy atom. The molecule has 0 radical (unpaired) electrons. The molecule has 3 rings (SSSR count). The second-order valence-electron chi connectivity index (χ2n) is 6.30. The minimum atomic E-state index is -0.182. The minimum absolute atomic E-state index is 0.182. The summed E-state index contributed by atoms with van der Waals surface area (Å²) in [6, 6.07) is 9.67. The number of benzene rings is 1. The SMILES string of the molecule is COCc1cccc(NC(=O)c2cc3cnn(C(C)C)c3nc2C)c1. The lowest BCUT2D eigenvalue weighted by Crippen LogP contribution is -2.15. The van der Waals surface area contributed by atoms with Crippen LogP contribution in [0.25, 0.3) is 11.0 Å². The molecule has 2 aromatic heterocycles. The van der Waals surface area contributed by atoms with Gasteiger partial charge in [-0.3, -0.25) is 4.79 Å². The van der Waals surface area contributed by atoms with Gasteiger partial charge in [-0.2, -0.15) is 5.10 Å². The fourth-order valence-corrected chi connectivity index (χ4v) is 2.78. The van der Waals surface area contributed by atoms with Crippen LogP contribution in [0.2, 0.25) is 0 Å². The summed E-state index contributed by atoms with van der Waals surface area (Å²) in [6.07, 6.45) is 1.75. The van der Waals surface area contributed by atoms with Crippen LogP contribution in [0.3, 0.4) is 0 Å². The van der Waals surface area contributed by atoms with Crippen LogP contribution < -0.4 is 5.32 Å². The molecule has 0 aliphatic heterocycles. The van der Waals surface area contributed by atoms with Gasteiger partial charge in [-0.25, -0.2) is 9.67 Å². The summed E-state index contributed by atoms with van der Waals surface area (Å²) in [5.74, 6) is -0.182. The van der Waals surface area contributed by atoms with Crippen LogP contribution in [0.4, 0.5) is 5.69 Å². The third-order valence-corrected chi connectivity index (χ3v) is 3.99. The molecule has 130 valence electrons. The van der Waals surface area contributed by atoms with E-state index in [1.165, 1.54) is 0 Å². The Kier molecular flexibility index (Phi) is 4.81. The van der Waals surface area contributed by atoms with Crippen LogP contribution in [0.5, 0.6) is 0 Å². The molecule has 0 spiro atoms. The van der Waals surface area contributed by atoms with Gasteiger partial charge in [0.25, 0.3) is 5.91 Å². The first-order valence-electron chi connectivity index (χ1n) is 8.23. The van der Waals surface area contributed by atoms with E-state index in [-0.39, 0.29) is 11.9 Å². The van der Waals surface area contributed by atoms with Gasteiger partial charge < -0.3 is 10.1 Å². The minimum Gasteiger partial charge on any atom is -0.380 e. The third kappa shape index (κ3) is 3.53. The molecule has 0 fully saturated rings. The van der Waals surface area contributed by atoms with Crippen molar-refractivity contribution in [1.82, 2.24) is 14.8 Å². The maximum atomic E-state index is 12.7. The molecule has 6 heteroatoms. The number of methoxy groups -OCH3 is 1. The van der Waals surface area contributed by atoms with E-state index in [1.807, 2.05) is 41.9 Å². The Labute approximate surface area is 146 Å². The lowest BCUT2D eigenvalue weighted by Gasteiger charge is -2.10. The molecular weight excluding hydrogens is 316 g/mol. The highest BCUT2D eigenvalue weighted by atomic mass is 16.5. The van der Waals surface area contributed by atoms with Crippen molar-refractivity contribution in [3.63, 3.8) is 0 Å². The smallest absolute Gasteiger partial charge is 0.257 e. The number of amides is 1. The van der Waals surface area contributed by atoms with E-state index in [0.29, 0.717) is 17.9 Å². The van der Waals surface area contributed by atoms with Crippen molar-refractivity contribution in [3.8, 4) is 0 Å². The molecule has 0 bridgehead atoms. The molecular formula is C19H22N4O2. The molecule has 0 unspecified atom stereocenters. The van der Waals surface area contributed by atoms with Crippen LogP contribution in [0.1, 0.15) is 41.5 Å². The summed E-state index contributed by atoms with van der Waals surface area (Å²) in [5, 5.41) is 8.15. The number of aryl methyl sites for hydroxylation is 1. The first-order chi connectivity index (χ1) is 12.0. The summed E-state index contributed by atoms with van der Waals surface area (Å²) in [4.78, 5) is 17.3. The van der Waals surface area contributed by atoms with Gasteiger partial charge in [0, 0.05) is 24.2 Å². The second kappa shape index (κ2) is 7.03. The van der Waals surface area contributed by atoms with Crippen LogP contribution in [-0.2, 0) is 11.3 Å². The van der Waals surface area contributed by atoms with Gasteiger partial charge in [0.15, 0.2) is 5.65 Å². The van der Waals surface area contributed by atoms with Gasteiger partial charge in [0.2, 0.25) is 0 Å². The van der Waals surface area contributed by atoms with Crippen molar-refractivity contribution in [2.75, 3.05) is 12.4 Å². The summed E-state index contributed by atoms with van der Waals surface area (Å²) in [5.41, 5.74) is 3.76. The van der Waals surface area contributed by atoms with E-state index >= 15 is 0 Å². The number of pyridine rings is 1. The number of rotatable bonds is 5. The van der Waals surface area contributed by atoms with E-state index in [2.05, 4.69) is 29.2 Å². The van der Waals surface area contributed by atoms with E-state index < -0.39 is 0 Å². The molecule has 0 aliphatic rings. The van der Waals surface area contributed by atoms with Gasteiger partial charge in [-0.15, -0.1) is 0 Å². The lowest BCUT2D eigenvalue weighted by atomic mass is 10.1. The Balaban J connectivity index is 1.89. The fourth-order valence-electron chi connectivity index (χ4n) is 2.78. The molecule has 0 atom stereocenters. The number of aromatic nitrogens is 3. The van der Waals surface area contributed by atoms with E-state index in [4.69, 9.17) is 4.74 Å². The van der Waals surface area contributed by atoms with E-state index in [1.54, 1.807) is 13.3 Å². The predicted molar refractivity (Wildman–Crippen MR) is 97.8 cm³/mol. The fraction of sp³-hybridized carbons (Fsp3) is 0.316. The highest BCUT2D eigenvalue weighted by Gasteiger charge is 2.15. The number of fused-ring (bicyclic) bond motifs is 1. The Morgan fingerprint density at radius 1 is 1.32 bits per heavy atom. The Morgan fingerprint density at radius 2 is 2.12 bits per heavy atom. The van der Waals surface area contributed by atoms with Crippen LogP contribution >= 0.6 is 0 Å². The monoisotopic (exact) mass is 338 g/mol. The van der Waals surface area contributed by atoms with Crippen molar-refractivity contribution < 1.29 is 9.53 Å². The topological polar surface area (TPSA) is 69.0 Å².